The molecule has 0 amide bonds. The first-order valence-corrected chi connectivity index (χ1v) is 23.5. The molecule has 6 heteroatoms. The summed E-state index contributed by atoms with van der Waals surface area (Å²) in [5, 5.41) is 4.68. The van der Waals surface area contributed by atoms with Gasteiger partial charge in [0.05, 0.1) is 22.8 Å². The second-order valence-electron chi connectivity index (χ2n) is 17.8. The number of hydrogen-bond donors (Lipinski definition) is 0. The molecule has 12 aromatic rings. The minimum atomic E-state index is -0.0267. The number of fused-ring (bicyclic) bond motifs is 9. The third-order valence-electron chi connectivity index (χ3n) is 14.0. The molecule has 0 radical (unpaired) electrons. The van der Waals surface area contributed by atoms with Gasteiger partial charge in [-0.15, -0.1) is 0 Å². The van der Waals surface area contributed by atoms with Crippen LogP contribution in [0.3, 0.4) is 0 Å². The third kappa shape index (κ3) is 6.23. The fraction of sp³-hybridized carbons (Fsp3) is 0.0317. The van der Waals surface area contributed by atoms with E-state index in [4.69, 9.17) is 19.4 Å². The topological polar surface area (TPSA) is 60.0 Å². The Labute approximate surface area is 398 Å². The minimum Gasteiger partial charge on any atom is -0.455 e. The quantitative estimate of drug-likeness (QED) is 0.160. The van der Waals surface area contributed by atoms with Gasteiger partial charge in [-0.3, -0.25) is 0 Å². The number of furan rings is 1. The van der Waals surface area contributed by atoms with Crippen molar-refractivity contribution in [3.05, 3.63) is 248 Å². The van der Waals surface area contributed by atoms with Gasteiger partial charge < -0.3 is 13.9 Å². The van der Waals surface area contributed by atoms with Gasteiger partial charge in [0.15, 0.2) is 17.5 Å². The van der Waals surface area contributed by atoms with E-state index in [1.807, 2.05) is 42.5 Å². The molecule has 1 aliphatic carbocycles. The van der Waals surface area contributed by atoms with Crippen LogP contribution in [0.4, 0.5) is 11.4 Å². The molecule has 14 rings (SSSR count). The predicted octanol–water partition coefficient (Wildman–Crippen LogP) is 15.8. The van der Waals surface area contributed by atoms with E-state index in [1.54, 1.807) is 0 Å². The average molecular weight is 884 g/mol. The molecule has 9 aromatic carbocycles. The van der Waals surface area contributed by atoms with E-state index in [0.717, 1.165) is 72.2 Å². The van der Waals surface area contributed by atoms with Crippen molar-refractivity contribution in [3.63, 3.8) is 0 Å². The van der Waals surface area contributed by atoms with E-state index in [1.165, 1.54) is 33.2 Å². The lowest BCUT2D eigenvalue weighted by Gasteiger charge is -2.32. The predicted molar refractivity (Wildman–Crippen MR) is 282 cm³/mol. The number of rotatable bonds is 7. The Morgan fingerprint density at radius 2 is 1.06 bits per heavy atom. The zero-order valence-electron chi connectivity index (χ0n) is 37.3. The van der Waals surface area contributed by atoms with Gasteiger partial charge in [0, 0.05) is 61.1 Å². The second-order valence-corrected chi connectivity index (χ2v) is 17.8. The Bertz CT molecular complexity index is 3980. The van der Waals surface area contributed by atoms with E-state index in [-0.39, 0.29) is 12.0 Å². The summed E-state index contributed by atoms with van der Waals surface area (Å²) in [5.74, 6) is 1.93. The van der Waals surface area contributed by atoms with Crippen LogP contribution < -0.4 is 4.90 Å². The summed E-state index contributed by atoms with van der Waals surface area (Å²) in [6.07, 6.45) is 6.96. The smallest absolute Gasteiger partial charge is 0.166 e. The molecule has 69 heavy (non-hydrogen) atoms. The first kappa shape index (κ1) is 39.1. The molecular formula is C63H41N5O. The van der Waals surface area contributed by atoms with Gasteiger partial charge in [0.25, 0.3) is 0 Å². The van der Waals surface area contributed by atoms with Crippen LogP contribution in [0.15, 0.2) is 241 Å². The van der Waals surface area contributed by atoms with Crippen molar-refractivity contribution in [3.8, 4) is 51.0 Å². The molecule has 1 aliphatic heterocycles. The molecule has 0 saturated heterocycles. The normalized spacial score (nSPS) is 15.2. The number of allylic oxidation sites excluding steroid dienone is 2. The molecule has 2 aliphatic rings. The molecular weight excluding hydrogens is 843 g/mol. The molecule has 0 spiro atoms. The van der Waals surface area contributed by atoms with Crippen molar-refractivity contribution < 1.29 is 4.42 Å². The van der Waals surface area contributed by atoms with E-state index in [0.29, 0.717) is 17.5 Å². The number of benzene rings is 9. The monoisotopic (exact) mass is 883 g/mol. The van der Waals surface area contributed by atoms with Crippen LogP contribution in [0.1, 0.15) is 17.0 Å². The second kappa shape index (κ2) is 15.8. The molecule has 4 heterocycles. The summed E-state index contributed by atoms with van der Waals surface area (Å²) in [4.78, 5) is 17.9. The van der Waals surface area contributed by atoms with Crippen molar-refractivity contribution >= 4 is 60.7 Å². The Balaban J connectivity index is 0.931. The first-order chi connectivity index (χ1) is 34.2. The number of aromatic nitrogens is 4. The summed E-state index contributed by atoms with van der Waals surface area (Å²) in [7, 11) is 0. The minimum absolute atomic E-state index is 0.0267. The number of anilines is 2. The molecule has 0 N–H and O–H groups in total. The van der Waals surface area contributed by atoms with E-state index >= 15 is 0 Å². The largest absolute Gasteiger partial charge is 0.455 e. The Morgan fingerprint density at radius 1 is 0.435 bits per heavy atom. The van der Waals surface area contributed by atoms with Gasteiger partial charge in [-0.05, 0) is 70.8 Å². The lowest BCUT2D eigenvalue weighted by atomic mass is 9.79. The van der Waals surface area contributed by atoms with Crippen molar-refractivity contribution in [2.45, 2.75) is 12.0 Å². The van der Waals surface area contributed by atoms with Crippen LogP contribution in [-0.2, 0) is 0 Å². The fourth-order valence-electron chi connectivity index (χ4n) is 11.0. The number of hydrogen-bond acceptors (Lipinski definition) is 5. The molecule has 3 aromatic heterocycles. The van der Waals surface area contributed by atoms with Gasteiger partial charge in [0.1, 0.15) is 11.2 Å². The van der Waals surface area contributed by atoms with Gasteiger partial charge in [-0.1, -0.05) is 188 Å². The molecule has 2 atom stereocenters. The summed E-state index contributed by atoms with van der Waals surface area (Å²) >= 11 is 0. The van der Waals surface area contributed by atoms with E-state index < -0.39 is 0 Å². The molecule has 0 saturated carbocycles. The van der Waals surface area contributed by atoms with Crippen LogP contribution >= 0.6 is 0 Å². The highest BCUT2D eigenvalue weighted by molar-refractivity contribution is 6.16. The van der Waals surface area contributed by atoms with Crippen LogP contribution in [0.2, 0.25) is 0 Å². The highest BCUT2D eigenvalue weighted by Crippen LogP contribution is 2.55. The summed E-state index contributed by atoms with van der Waals surface area (Å²) in [5.41, 5.74) is 16.2. The average Bonchev–Trinajstić information content (AvgIpc) is 4.09. The van der Waals surface area contributed by atoms with Crippen molar-refractivity contribution in [1.29, 1.82) is 0 Å². The first-order valence-electron chi connectivity index (χ1n) is 23.5. The highest BCUT2D eigenvalue weighted by atomic mass is 16.3. The van der Waals surface area contributed by atoms with Crippen molar-refractivity contribution in [2.75, 3.05) is 4.90 Å². The maximum absolute atomic E-state index is 6.58. The van der Waals surface area contributed by atoms with Gasteiger partial charge in [-0.2, -0.15) is 0 Å². The Morgan fingerprint density at radius 3 is 1.86 bits per heavy atom. The Hall–Kier alpha value is -9.13. The van der Waals surface area contributed by atoms with Crippen LogP contribution in [-0.4, -0.2) is 25.6 Å². The fourth-order valence-corrected chi connectivity index (χ4v) is 11.0. The van der Waals surface area contributed by atoms with E-state index in [9.17, 15) is 0 Å². The molecule has 6 nitrogen and oxygen atoms in total. The SMILES string of the molecule is C1=CC2C(C(c3cccc4c3c3ccc(-c5cccc6c5oc5ccccc56)cc3n4-c3ccccc3)=C1)c1ccccc1N2c1ccccc1-c1nc(-c2ccccc2)nc(-c2ccccc2)n1. The summed E-state index contributed by atoms with van der Waals surface area (Å²) in [6, 6.07) is 77.1. The van der Waals surface area contributed by atoms with Crippen molar-refractivity contribution in [1.82, 2.24) is 19.5 Å². The zero-order chi connectivity index (χ0) is 45.4. The van der Waals surface area contributed by atoms with Crippen LogP contribution in [0.25, 0.3) is 100 Å². The maximum atomic E-state index is 6.58. The Kier molecular flexibility index (Phi) is 8.92. The van der Waals surface area contributed by atoms with Crippen LogP contribution in [0.5, 0.6) is 0 Å². The zero-order valence-corrected chi connectivity index (χ0v) is 37.3. The lowest BCUT2D eigenvalue weighted by molar-refractivity contribution is 0.670. The molecule has 2 unspecified atom stereocenters. The lowest BCUT2D eigenvalue weighted by Crippen LogP contribution is -2.30. The standard InChI is InChI=1S/C63H41N5O/c1-4-19-40(20-5-1)61-64-62(41-21-6-2-7-22-41)66-63(65-61)51-27-11-14-33-53(51)68-52-32-13-10-26-49(52)58-46(30-18-35-55(58)68)47-29-17-34-54-59(47)50-38-37-42(39-56(50)67(54)43-23-8-3-9-24-43)44-28-16-31-48-45-25-12-15-36-57(45)69-60(44)48/h1-39,55,58H. The van der Waals surface area contributed by atoms with Gasteiger partial charge >= 0.3 is 0 Å². The number of nitrogens with zero attached hydrogens (tertiary/aromatic N) is 5. The van der Waals surface area contributed by atoms with Crippen LogP contribution in [0, 0.1) is 0 Å². The maximum Gasteiger partial charge on any atom is 0.166 e. The molecule has 324 valence electrons. The highest BCUT2D eigenvalue weighted by Gasteiger charge is 2.42. The van der Waals surface area contributed by atoms with Gasteiger partial charge in [-0.25, -0.2) is 15.0 Å². The number of para-hydroxylation sites is 5. The molecule has 0 bridgehead atoms. The van der Waals surface area contributed by atoms with Gasteiger partial charge in [0.2, 0.25) is 0 Å². The third-order valence-corrected chi connectivity index (χ3v) is 14.0. The summed E-state index contributed by atoms with van der Waals surface area (Å²) < 4.78 is 9.01. The summed E-state index contributed by atoms with van der Waals surface area (Å²) in [6.45, 7) is 0. The van der Waals surface area contributed by atoms with Crippen molar-refractivity contribution in [2.24, 2.45) is 0 Å². The van der Waals surface area contributed by atoms with E-state index in [2.05, 4.69) is 204 Å². The molecule has 0 fully saturated rings.